The van der Waals surface area contributed by atoms with Gasteiger partial charge in [-0.3, -0.25) is 4.79 Å². The zero-order chi connectivity index (χ0) is 20.1. The first kappa shape index (κ1) is 19.0. The number of amides is 1. The van der Waals surface area contributed by atoms with Crippen LogP contribution in [-0.2, 0) is 4.79 Å². The Morgan fingerprint density at radius 1 is 1.07 bits per heavy atom. The molecule has 2 aromatic carbocycles. The number of rotatable bonds is 7. The Morgan fingerprint density at radius 3 is 2.62 bits per heavy atom. The summed E-state index contributed by atoms with van der Waals surface area (Å²) in [5.41, 5.74) is 3.42. The Balaban J connectivity index is 1.38. The highest BCUT2D eigenvalue weighted by Gasteiger charge is 2.08. The fourth-order valence-electron chi connectivity index (χ4n) is 2.83. The molecule has 0 saturated heterocycles. The molecule has 0 bridgehead atoms. The Labute approximate surface area is 172 Å². The third kappa shape index (κ3) is 4.75. The highest BCUT2D eigenvalue weighted by Crippen LogP contribution is 2.21. The summed E-state index contributed by atoms with van der Waals surface area (Å²) in [5, 5.41) is 8.20. The quantitative estimate of drug-likeness (QED) is 0.459. The number of carbonyl (C=O) groups is 1. The van der Waals surface area contributed by atoms with E-state index in [4.69, 9.17) is 4.74 Å². The molecule has 6 nitrogen and oxygen atoms in total. The van der Waals surface area contributed by atoms with Crippen molar-refractivity contribution in [2.45, 2.75) is 11.9 Å². The van der Waals surface area contributed by atoms with E-state index in [1.165, 1.54) is 11.8 Å². The molecule has 0 radical (unpaired) electrons. The fraction of sp³-hybridized carbons (Fsp3) is 0.136. The average Bonchev–Trinajstić information content (AvgIpc) is 3.18. The molecule has 0 aliphatic carbocycles. The van der Waals surface area contributed by atoms with Gasteiger partial charge in [-0.1, -0.05) is 42.1 Å². The summed E-state index contributed by atoms with van der Waals surface area (Å²) in [4.78, 5) is 16.8. The number of benzene rings is 2. The molecule has 0 aliphatic heterocycles. The smallest absolute Gasteiger partial charge is 0.234 e. The lowest BCUT2D eigenvalue weighted by Gasteiger charge is -2.07. The number of nitrogens with zero attached hydrogens (tertiary/aromatic N) is 3. The Kier molecular flexibility index (Phi) is 5.76. The molecule has 0 saturated carbocycles. The van der Waals surface area contributed by atoms with Gasteiger partial charge in [-0.25, -0.2) is 9.50 Å². The van der Waals surface area contributed by atoms with Crippen LogP contribution in [0.5, 0.6) is 5.75 Å². The third-order valence-electron chi connectivity index (χ3n) is 4.17. The molecule has 7 heteroatoms. The Hall–Kier alpha value is -3.32. The molecule has 2 heterocycles. The van der Waals surface area contributed by atoms with Gasteiger partial charge in [0.1, 0.15) is 10.8 Å². The van der Waals surface area contributed by atoms with Gasteiger partial charge in [-0.15, -0.1) is 0 Å². The van der Waals surface area contributed by atoms with E-state index < -0.39 is 0 Å². The van der Waals surface area contributed by atoms with Crippen LogP contribution in [0.2, 0.25) is 0 Å². The standard InChI is InChI=1S/C22H20N4O2S/c1-2-28-18-10-8-17(9-11-18)23-21(27)15-29-22-13-12-20-24-19(14-26(20)25-22)16-6-4-3-5-7-16/h3-14H,2,15H2,1H3,(H,23,27). The Morgan fingerprint density at radius 2 is 1.86 bits per heavy atom. The second-order valence-corrected chi connectivity index (χ2v) is 7.26. The number of hydrogen-bond acceptors (Lipinski definition) is 5. The lowest BCUT2D eigenvalue weighted by molar-refractivity contribution is -0.113. The van der Waals surface area contributed by atoms with Crippen LogP contribution in [0.15, 0.2) is 78.0 Å². The van der Waals surface area contributed by atoms with Gasteiger partial charge in [0.25, 0.3) is 0 Å². The lowest BCUT2D eigenvalue weighted by atomic mass is 10.2. The van der Waals surface area contributed by atoms with Gasteiger partial charge in [0.2, 0.25) is 5.91 Å². The van der Waals surface area contributed by atoms with Crippen LogP contribution in [0.4, 0.5) is 5.69 Å². The van der Waals surface area contributed by atoms with Crippen LogP contribution in [0.3, 0.4) is 0 Å². The van der Waals surface area contributed by atoms with Gasteiger partial charge in [-0.2, -0.15) is 5.10 Å². The van der Waals surface area contributed by atoms with Gasteiger partial charge in [-0.05, 0) is 43.3 Å². The first-order valence-corrected chi connectivity index (χ1v) is 10.3. The van der Waals surface area contributed by atoms with Crippen LogP contribution in [-0.4, -0.2) is 32.9 Å². The molecule has 0 atom stereocenters. The van der Waals surface area contributed by atoms with E-state index >= 15 is 0 Å². The number of aromatic nitrogens is 3. The van der Waals surface area contributed by atoms with Crippen LogP contribution in [0.1, 0.15) is 6.92 Å². The number of anilines is 1. The van der Waals surface area contributed by atoms with Crippen molar-refractivity contribution >= 4 is 29.0 Å². The van der Waals surface area contributed by atoms with Gasteiger partial charge in [0.15, 0.2) is 5.65 Å². The molecule has 0 unspecified atom stereocenters. The van der Waals surface area contributed by atoms with Crippen molar-refractivity contribution in [3.05, 3.63) is 72.9 Å². The molecule has 146 valence electrons. The molecule has 1 N–H and O–H groups in total. The maximum absolute atomic E-state index is 12.2. The van der Waals surface area contributed by atoms with Gasteiger partial charge in [0.05, 0.1) is 24.3 Å². The average molecular weight is 404 g/mol. The maximum Gasteiger partial charge on any atom is 0.234 e. The third-order valence-corrected chi connectivity index (χ3v) is 5.09. The van der Waals surface area contributed by atoms with Crippen molar-refractivity contribution in [1.29, 1.82) is 0 Å². The topological polar surface area (TPSA) is 68.5 Å². The van der Waals surface area contributed by atoms with E-state index in [1.54, 1.807) is 4.52 Å². The van der Waals surface area contributed by atoms with E-state index in [1.807, 2.05) is 79.9 Å². The summed E-state index contributed by atoms with van der Waals surface area (Å²) in [6, 6.07) is 21.1. The minimum atomic E-state index is -0.0864. The summed E-state index contributed by atoms with van der Waals surface area (Å²) in [5.74, 6) is 0.968. The highest BCUT2D eigenvalue weighted by atomic mass is 32.2. The van der Waals surface area contributed by atoms with Crippen molar-refractivity contribution in [2.75, 3.05) is 17.7 Å². The number of ether oxygens (including phenoxy) is 1. The summed E-state index contributed by atoms with van der Waals surface area (Å²) in [6.07, 6.45) is 1.90. The van der Waals surface area contributed by atoms with Crippen LogP contribution < -0.4 is 10.1 Å². The SMILES string of the molecule is CCOc1ccc(NC(=O)CSc2ccc3nc(-c4ccccc4)cn3n2)cc1. The summed E-state index contributed by atoms with van der Waals surface area (Å²) in [6.45, 7) is 2.55. The summed E-state index contributed by atoms with van der Waals surface area (Å²) in [7, 11) is 0. The molecule has 0 spiro atoms. The van der Waals surface area contributed by atoms with Gasteiger partial charge < -0.3 is 10.1 Å². The van der Waals surface area contributed by atoms with Crippen LogP contribution in [0.25, 0.3) is 16.9 Å². The molecule has 2 aromatic heterocycles. The lowest BCUT2D eigenvalue weighted by Crippen LogP contribution is -2.14. The first-order chi connectivity index (χ1) is 14.2. The molecule has 4 rings (SSSR count). The zero-order valence-electron chi connectivity index (χ0n) is 15.9. The molecular formula is C22H20N4O2S. The van der Waals surface area contributed by atoms with E-state index in [9.17, 15) is 4.79 Å². The zero-order valence-corrected chi connectivity index (χ0v) is 16.7. The normalized spacial score (nSPS) is 10.8. The molecule has 0 aliphatic rings. The molecular weight excluding hydrogens is 384 g/mol. The molecule has 29 heavy (non-hydrogen) atoms. The second-order valence-electron chi connectivity index (χ2n) is 6.26. The minimum Gasteiger partial charge on any atom is -0.494 e. The fourth-order valence-corrected chi connectivity index (χ4v) is 3.49. The van der Waals surface area contributed by atoms with Crippen LogP contribution in [0, 0.1) is 0 Å². The van der Waals surface area contributed by atoms with Crippen molar-refractivity contribution < 1.29 is 9.53 Å². The van der Waals surface area contributed by atoms with E-state index in [0.717, 1.165) is 33.4 Å². The maximum atomic E-state index is 12.2. The first-order valence-electron chi connectivity index (χ1n) is 9.28. The van der Waals surface area contributed by atoms with E-state index in [0.29, 0.717) is 6.61 Å². The number of nitrogens with one attached hydrogen (secondary N) is 1. The number of fused-ring (bicyclic) bond motifs is 1. The van der Waals surface area contributed by atoms with Gasteiger partial charge >= 0.3 is 0 Å². The van der Waals surface area contributed by atoms with E-state index in [2.05, 4.69) is 15.4 Å². The van der Waals surface area contributed by atoms with Crippen LogP contribution >= 0.6 is 11.8 Å². The van der Waals surface area contributed by atoms with Crippen molar-refractivity contribution in [2.24, 2.45) is 0 Å². The predicted molar refractivity (Wildman–Crippen MR) is 115 cm³/mol. The van der Waals surface area contributed by atoms with Crippen molar-refractivity contribution in [1.82, 2.24) is 14.6 Å². The number of thioether (sulfide) groups is 1. The number of hydrogen-bond donors (Lipinski definition) is 1. The Bertz CT molecular complexity index is 1110. The van der Waals surface area contributed by atoms with Gasteiger partial charge in [0, 0.05) is 11.3 Å². The number of imidazole rings is 1. The predicted octanol–water partition coefficient (Wildman–Crippen LogP) is 4.53. The monoisotopic (exact) mass is 404 g/mol. The summed E-state index contributed by atoms with van der Waals surface area (Å²) < 4.78 is 7.15. The van der Waals surface area contributed by atoms with Crippen molar-refractivity contribution in [3.8, 4) is 17.0 Å². The minimum absolute atomic E-state index is 0.0864. The molecule has 0 fully saturated rings. The largest absolute Gasteiger partial charge is 0.494 e. The molecule has 4 aromatic rings. The molecule has 1 amide bonds. The highest BCUT2D eigenvalue weighted by molar-refractivity contribution is 7.99. The van der Waals surface area contributed by atoms with Crippen molar-refractivity contribution in [3.63, 3.8) is 0 Å². The summed E-state index contributed by atoms with van der Waals surface area (Å²) >= 11 is 1.38. The second kappa shape index (κ2) is 8.79. The van der Waals surface area contributed by atoms with E-state index in [-0.39, 0.29) is 11.7 Å². The number of carbonyl (C=O) groups excluding carboxylic acids is 1.